The lowest BCUT2D eigenvalue weighted by Gasteiger charge is -2.31. The zero-order valence-corrected chi connectivity index (χ0v) is 17.7. The summed E-state index contributed by atoms with van der Waals surface area (Å²) in [4.78, 5) is 14.7. The maximum atomic E-state index is 13.0. The van der Waals surface area contributed by atoms with Gasteiger partial charge >= 0.3 is 6.03 Å². The van der Waals surface area contributed by atoms with Gasteiger partial charge in [-0.05, 0) is 23.1 Å². The molecule has 1 atom stereocenters. The van der Waals surface area contributed by atoms with E-state index in [0.717, 1.165) is 5.56 Å². The van der Waals surface area contributed by atoms with Crippen LogP contribution in [0.1, 0.15) is 46.3 Å². The van der Waals surface area contributed by atoms with Gasteiger partial charge in [-0.3, -0.25) is 0 Å². The lowest BCUT2D eigenvalue weighted by Crippen LogP contribution is -2.42. The second-order valence-electron chi connectivity index (χ2n) is 9.06. The molecule has 0 spiro atoms. The summed E-state index contributed by atoms with van der Waals surface area (Å²) in [6.07, 6.45) is -0.762. The number of fused-ring (bicyclic) bond motifs is 1. The predicted octanol–water partition coefficient (Wildman–Crippen LogP) is 4.81. The smallest absolute Gasteiger partial charge is 0.321 e. The van der Waals surface area contributed by atoms with Crippen molar-refractivity contribution in [1.82, 2.24) is 4.90 Å². The number of amides is 2. The van der Waals surface area contributed by atoms with E-state index in [4.69, 9.17) is 9.47 Å². The summed E-state index contributed by atoms with van der Waals surface area (Å²) < 4.78 is 11.4. The van der Waals surface area contributed by atoms with E-state index in [1.807, 2.05) is 44.2 Å². The van der Waals surface area contributed by atoms with Crippen molar-refractivity contribution in [3.05, 3.63) is 54.1 Å². The van der Waals surface area contributed by atoms with Gasteiger partial charge in [0.15, 0.2) is 11.5 Å². The van der Waals surface area contributed by atoms with Crippen molar-refractivity contribution in [1.29, 1.82) is 0 Å². The van der Waals surface area contributed by atoms with E-state index < -0.39 is 11.9 Å². The van der Waals surface area contributed by atoms with Gasteiger partial charge in [-0.2, -0.15) is 0 Å². The normalized spacial score (nSPS) is 15.7. The number of urea groups is 1. The third-order valence-corrected chi connectivity index (χ3v) is 4.44. The van der Waals surface area contributed by atoms with Gasteiger partial charge in [-0.25, -0.2) is 4.79 Å². The Kier molecular flexibility index (Phi) is 5.75. The van der Waals surface area contributed by atoms with Crippen LogP contribution >= 0.6 is 0 Å². The monoisotopic (exact) mass is 398 g/mol. The minimum Gasteiger partial charge on any atom is -0.449 e. The number of nitrogens with zero attached hydrogens (tertiary/aromatic N) is 1. The number of anilines is 1. The summed E-state index contributed by atoms with van der Waals surface area (Å²) in [6, 6.07) is 14.4. The number of hydrogen-bond acceptors (Lipinski definition) is 4. The molecule has 0 radical (unpaired) electrons. The summed E-state index contributed by atoms with van der Waals surface area (Å²) in [5.74, 6) is 0.529. The van der Waals surface area contributed by atoms with Crippen LogP contribution in [0.15, 0.2) is 48.5 Å². The van der Waals surface area contributed by atoms with Crippen molar-refractivity contribution in [2.45, 2.75) is 46.5 Å². The highest BCUT2D eigenvalue weighted by atomic mass is 16.7. The molecule has 2 amide bonds. The van der Waals surface area contributed by atoms with Gasteiger partial charge in [0.2, 0.25) is 5.79 Å². The molecule has 2 N–H and O–H groups in total. The Labute approximate surface area is 172 Å². The van der Waals surface area contributed by atoms with Gasteiger partial charge in [-0.15, -0.1) is 0 Å². The van der Waals surface area contributed by atoms with Crippen LogP contribution in [-0.2, 0) is 0 Å². The molecule has 0 fully saturated rings. The van der Waals surface area contributed by atoms with Gasteiger partial charge in [0, 0.05) is 32.1 Å². The highest BCUT2D eigenvalue weighted by molar-refractivity contribution is 5.89. The average molecular weight is 399 g/mol. The Morgan fingerprint density at radius 3 is 2.41 bits per heavy atom. The van der Waals surface area contributed by atoms with Crippen LogP contribution in [0.5, 0.6) is 11.5 Å². The Balaban J connectivity index is 1.73. The zero-order valence-electron chi connectivity index (χ0n) is 17.7. The molecular formula is C23H30N2O4. The summed E-state index contributed by atoms with van der Waals surface area (Å²) in [5, 5.41) is 13.5. The van der Waals surface area contributed by atoms with Crippen LogP contribution in [0.4, 0.5) is 10.5 Å². The molecule has 156 valence electrons. The number of aliphatic hydroxyl groups excluding tert-OH is 1. The summed E-state index contributed by atoms with van der Waals surface area (Å²) in [6.45, 7) is 10.5. The molecule has 0 saturated carbocycles. The summed E-state index contributed by atoms with van der Waals surface area (Å²) in [7, 11) is 0. The molecule has 6 heteroatoms. The van der Waals surface area contributed by atoms with E-state index in [0.29, 0.717) is 23.7 Å². The lowest BCUT2D eigenvalue weighted by atomic mass is 9.95. The van der Waals surface area contributed by atoms with Gasteiger partial charge in [0.25, 0.3) is 0 Å². The molecule has 0 aliphatic carbocycles. The third-order valence-electron chi connectivity index (χ3n) is 4.44. The Bertz CT molecular complexity index is 859. The zero-order chi connectivity index (χ0) is 21.2. The molecule has 2 aromatic carbocycles. The van der Waals surface area contributed by atoms with E-state index in [2.05, 4.69) is 26.1 Å². The van der Waals surface area contributed by atoms with Gasteiger partial charge < -0.3 is 24.8 Å². The number of nitrogens with one attached hydrogen (secondary N) is 1. The number of rotatable bonds is 5. The van der Waals surface area contributed by atoms with Gasteiger partial charge in [0.1, 0.15) is 0 Å². The standard InChI is InChI=1S/C23H30N2O4/c1-22(2,3)15-25(14-18(26)16-9-7-6-8-10-16)21(27)24-17-11-12-19-20(13-17)29-23(4,5)28-19/h6-13,18,26H,14-15H2,1-5H3,(H,24,27)/t18-/m1/s1. The maximum Gasteiger partial charge on any atom is 0.321 e. The molecule has 0 bridgehead atoms. The molecule has 1 aliphatic heterocycles. The molecule has 1 aliphatic rings. The molecule has 0 aromatic heterocycles. The van der Waals surface area contributed by atoms with Crippen molar-refractivity contribution in [2.24, 2.45) is 5.41 Å². The van der Waals surface area contributed by atoms with Gasteiger partial charge in [0.05, 0.1) is 12.6 Å². The van der Waals surface area contributed by atoms with Crippen molar-refractivity contribution in [3.63, 3.8) is 0 Å². The number of ether oxygens (including phenoxy) is 2. The van der Waals surface area contributed by atoms with Crippen LogP contribution in [0.2, 0.25) is 0 Å². The van der Waals surface area contributed by atoms with Crippen molar-refractivity contribution < 1.29 is 19.4 Å². The quantitative estimate of drug-likeness (QED) is 0.758. The SMILES string of the molecule is CC(C)(C)CN(C[C@@H](O)c1ccccc1)C(=O)Nc1ccc2c(c1)OC(C)(C)O2. The Morgan fingerprint density at radius 2 is 1.76 bits per heavy atom. The van der Waals surface area contributed by atoms with Crippen LogP contribution in [-0.4, -0.2) is 34.9 Å². The number of benzene rings is 2. The fourth-order valence-corrected chi connectivity index (χ4v) is 3.28. The van der Waals surface area contributed by atoms with Gasteiger partial charge in [-0.1, -0.05) is 51.1 Å². The second-order valence-corrected chi connectivity index (χ2v) is 9.06. The maximum absolute atomic E-state index is 13.0. The summed E-state index contributed by atoms with van der Waals surface area (Å²) >= 11 is 0. The fourth-order valence-electron chi connectivity index (χ4n) is 3.28. The molecule has 6 nitrogen and oxygen atoms in total. The minimum atomic E-state index is -0.762. The molecule has 0 saturated heterocycles. The van der Waals surface area contributed by atoms with Crippen LogP contribution in [0, 0.1) is 5.41 Å². The molecule has 29 heavy (non-hydrogen) atoms. The lowest BCUT2D eigenvalue weighted by molar-refractivity contribution is -0.0431. The van der Waals surface area contributed by atoms with E-state index >= 15 is 0 Å². The van der Waals surface area contributed by atoms with E-state index in [1.54, 1.807) is 23.1 Å². The minimum absolute atomic E-state index is 0.118. The first kappa shape index (κ1) is 21.0. The van der Waals surface area contributed by atoms with Crippen molar-refractivity contribution >= 4 is 11.7 Å². The molecular weight excluding hydrogens is 368 g/mol. The number of carbonyl (C=O) groups excluding carboxylic acids is 1. The molecule has 3 rings (SSSR count). The molecule has 0 unspecified atom stereocenters. The largest absolute Gasteiger partial charge is 0.449 e. The Hall–Kier alpha value is -2.73. The van der Waals surface area contributed by atoms with Crippen LogP contribution in [0.25, 0.3) is 0 Å². The Morgan fingerprint density at radius 1 is 1.10 bits per heavy atom. The fraction of sp³-hybridized carbons (Fsp3) is 0.435. The third kappa shape index (κ3) is 5.64. The second kappa shape index (κ2) is 7.95. The number of carbonyl (C=O) groups is 1. The first-order valence-corrected chi connectivity index (χ1v) is 9.83. The van der Waals surface area contributed by atoms with Crippen molar-refractivity contribution in [3.8, 4) is 11.5 Å². The van der Waals surface area contributed by atoms with Crippen LogP contribution in [0.3, 0.4) is 0 Å². The topological polar surface area (TPSA) is 71.0 Å². The van der Waals surface area contributed by atoms with E-state index in [9.17, 15) is 9.90 Å². The predicted molar refractivity (Wildman–Crippen MR) is 113 cm³/mol. The summed E-state index contributed by atoms with van der Waals surface area (Å²) in [5.41, 5.74) is 1.28. The first-order valence-electron chi connectivity index (χ1n) is 9.83. The molecule has 2 aromatic rings. The van der Waals surface area contributed by atoms with E-state index in [-0.39, 0.29) is 18.0 Å². The average Bonchev–Trinajstić information content (AvgIpc) is 2.93. The van der Waals surface area contributed by atoms with E-state index in [1.165, 1.54) is 0 Å². The number of aliphatic hydroxyl groups is 1. The van der Waals surface area contributed by atoms with Crippen molar-refractivity contribution in [2.75, 3.05) is 18.4 Å². The highest BCUT2D eigenvalue weighted by Gasteiger charge is 2.32. The highest BCUT2D eigenvalue weighted by Crippen LogP contribution is 2.40. The molecule has 1 heterocycles. The number of hydrogen-bond donors (Lipinski definition) is 2. The van der Waals surface area contributed by atoms with Crippen LogP contribution < -0.4 is 14.8 Å². The first-order chi connectivity index (χ1) is 13.5.